The monoisotopic (exact) mass is 471 g/mol. The van der Waals surface area contributed by atoms with E-state index in [1.54, 1.807) is 24.3 Å². The van der Waals surface area contributed by atoms with Crippen molar-refractivity contribution in [3.63, 3.8) is 0 Å². The lowest BCUT2D eigenvalue weighted by atomic mass is 10.1. The molecule has 0 aliphatic carbocycles. The molecule has 0 aliphatic heterocycles. The normalized spacial score (nSPS) is 11.8. The molecule has 32 heavy (non-hydrogen) atoms. The Labute approximate surface area is 197 Å². The van der Waals surface area contributed by atoms with E-state index in [0.717, 1.165) is 11.1 Å². The average Bonchev–Trinajstić information content (AvgIpc) is 3.18. The Kier molecular flexibility index (Phi) is 7.93. The molecule has 0 saturated heterocycles. The van der Waals surface area contributed by atoms with E-state index in [1.165, 1.54) is 11.8 Å². The van der Waals surface area contributed by atoms with Gasteiger partial charge in [0.25, 0.3) is 5.91 Å². The molecular formula is C23H26ClN5O2S. The molecule has 0 saturated carbocycles. The number of nitrogens with zero attached hydrogens (tertiary/aromatic N) is 3. The van der Waals surface area contributed by atoms with Crippen LogP contribution in [0.2, 0.25) is 5.02 Å². The van der Waals surface area contributed by atoms with E-state index in [2.05, 4.69) is 20.8 Å². The van der Waals surface area contributed by atoms with Crippen molar-refractivity contribution in [3.05, 3.63) is 70.0 Å². The molecular weight excluding hydrogens is 446 g/mol. The van der Waals surface area contributed by atoms with Gasteiger partial charge < -0.3 is 15.2 Å². The molecule has 2 aromatic carbocycles. The zero-order valence-corrected chi connectivity index (χ0v) is 20.0. The fraction of sp³-hybridized carbons (Fsp3) is 0.304. The molecule has 1 atom stereocenters. The fourth-order valence-electron chi connectivity index (χ4n) is 3.12. The number of rotatable bonds is 8. The second kappa shape index (κ2) is 10.7. The minimum Gasteiger partial charge on any atom is -0.342 e. The van der Waals surface area contributed by atoms with Crippen molar-refractivity contribution in [2.45, 2.75) is 45.4 Å². The second-order valence-electron chi connectivity index (χ2n) is 7.44. The summed E-state index contributed by atoms with van der Waals surface area (Å²) in [4.78, 5) is 25.0. The summed E-state index contributed by atoms with van der Waals surface area (Å²) in [6, 6.07) is 12.4. The Morgan fingerprint density at radius 2 is 1.84 bits per heavy atom. The first-order valence-corrected chi connectivity index (χ1v) is 11.6. The summed E-state index contributed by atoms with van der Waals surface area (Å²) < 4.78 is 1.91. The van der Waals surface area contributed by atoms with Crippen LogP contribution in [-0.2, 0) is 11.3 Å². The number of carbonyl (C=O) groups is 2. The minimum absolute atomic E-state index is 0.159. The Hall–Kier alpha value is -2.84. The van der Waals surface area contributed by atoms with Crippen LogP contribution in [0.25, 0.3) is 0 Å². The molecule has 7 nitrogen and oxygen atoms in total. The number of hydrogen-bond donors (Lipinski definition) is 2. The van der Waals surface area contributed by atoms with Gasteiger partial charge in [-0.1, -0.05) is 47.1 Å². The number of carbonyl (C=O) groups excluding carboxylic acids is 2. The minimum atomic E-state index is -0.339. The Morgan fingerprint density at radius 3 is 2.53 bits per heavy atom. The topological polar surface area (TPSA) is 88.9 Å². The van der Waals surface area contributed by atoms with Crippen LogP contribution < -0.4 is 10.6 Å². The first-order chi connectivity index (χ1) is 15.3. The smallest absolute Gasteiger partial charge is 0.251 e. The molecule has 2 amide bonds. The number of hydrogen-bond acceptors (Lipinski definition) is 5. The highest BCUT2D eigenvalue weighted by Crippen LogP contribution is 2.23. The third kappa shape index (κ3) is 5.89. The van der Waals surface area contributed by atoms with Crippen LogP contribution in [0.1, 0.15) is 47.2 Å². The summed E-state index contributed by atoms with van der Waals surface area (Å²) in [5, 5.41) is 15.5. The molecule has 9 heteroatoms. The van der Waals surface area contributed by atoms with Crippen LogP contribution in [0.4, 0.5) is 5.69 Å². The molecule has 1 aromatic heterocycles. The first-order valence-electron chi connectivity index (χ1n) is 10.3. The van der Waals surface area contributed by atoms with Crippen molar-refractivity contribution in [3.8, 4) is 0 Å². The third-order valence-electron chi connectivity index (χ3n) is 4.92. The first kappa shape index (κ1) is 23.8. The molecule has 0 unspecified atom stereocenters. The highest BCUT2D eigenvalue weighted by atomic mass is 35.5. The highest BCUT2D eigenvalue weighted by molar-refractivity contribution is 7.99. The lowest BCUT2D eigenvalue weighted by molar-refractivity contribution is -0.113. The van der Waals surface area contributed by atoms with Crippen molar-refractivity contribution in [2.75, 3.05) is 11.1 Å². The van der Waals surface area contributed by atoms with Crippen molar-refractivity contribution < 1.29 is 9.59 Å². The summed E-state index contributed by atoms with van der Waals surface area (Å²) >= 11 is 7.31. The summed E-state index contributed by atoms with van der Waals surface area (Å²) in [5.41, 5.74) is 3.31. The van der Waals surface area contributed by atoms with Crippen molar-refractivity contribution in [2.24, 2.45) is 0 Å². The zero-order valence-electron chi connectivity index (χ0n) is 18.5. The molecule has 2 N–H and O–H groups in total. The van der Waals surface area contributed by atoms with Gasteiger partial charge in [-0.05, 0) is 57.5 Å². The highest BCUT2D eigenvalue weighted by Gasteiger charge is 2.20. The van der Waals surface area contributed by atoms with Gasteiger partial charge in [-0.15, -0.1) is 10.2 Å². The summed E-state index contributed by atoms with van der Waals surface area (Å²) in [6.07, 6.45) is 0. The molecule has 3 rings (SSSR count). The summed E-state index contributed by atoms with van der Waals surface area (Å²) in [7, 11) is 0. The number of aryl methyl sites for hydroxylation is 2. The Morgan fingerprint density at radius 1 is 1.12 bits per heavy atom. The molecule has 0 bridgehead atoms. The van der Waals surface area contributed by atoms with E-state index in [1.807, 2.05) is 50.5 Å². The maximum absolute atomic E-state index is 12.6. The molecule has 0 spiro atoms. The number of amides is 2. The van der Waals surface area contributed by atoms with Crippen LogP contribution in [-0.4, -0.2) is 32.3 Å². The molecule has 1 heterocycles. The van der Waals surface area contributed by atoms with Crippen LogP contribution in [0.15, 0.2) is 47.6 Å². The van der Waals surface area contributed by atoms with Gasteiger partial charge in [0, 0.05) is 22.8 Å². The Balaban J connectivity index is 1.63. The van der Waals surface area contributed by atoms with Gasteiger partial charge in [-0.2, -0.15) is 0 Å². The van der Waals surface area contributed by atoms with E-state index in [-0.39, 0.29) is 23.6 Å². The van der Waals surface area contributed by atoms with E-state index in [9.17, 15) is 9.59 Å². The zero-order chi connectivity index (χ0) is 23.3. The largest absolute Gasteiger partial charge is 0.342 e. The molecule has 0 radical (unpaired) electrons. The summed E-state index contributed by atoms with van der Waals surface area (Å²) in [5.74, 6) is 0.484. The lowest BCUT2D eigenvalue weighted by Crippen LogP contribution is -2.28. The number of aromatic nitrogens is 3. The second-order valence-corrected chi connectivity index (χ2v) is 8.82. The quantitative estimate of drug-likeness (QED) is 0.461. The number of anilines is 1. The van der Waals surface area contributed by atoms with Crippen LogP contribution in [0.5, 0.6) is 0 Å². The molecule has 3 aromatic rings. The average molecular weight is 472 g/mol. The van der Waals surface area contributed by atoms with Crippen LogP contribution in [0, 0.1) is 13.8 Å². The maximum atomic E-state index is 12.6. The lowest BCUT2D eigenvalue weighted by Gasteiger charge is -2.15. The van der Waals surface area contributed by atoms with Gasteiger partial charge in [0.2, 0.25) is 5.91 Å². The predicted octanol–water partition coefficient (Wildman–Crippen LogP) is 4.79. The van der Waals surface area contributed by atoms with Crippen molar-refractivity contribution in [1.82, 2.24) is 20.1 Å². The third-order valence-corrected chi connectivity index (χ3v) is 6.12. The van der Waals surface area contributed by atoms with E-state index in [4.69, 9.17) is 11.6 Å². The molecule has 168 valence electrons. The van der Waals surface area contributed by atoms with Crippen LogP contribution >= 0.6 is 23.4 Å². The van der Waals surface area contributed by atoms with Crippen molar-refractivity contribution >= 4 is 40.9 Å². The van der Waals surface area contributed by atoms with Gasteiger partial charge in [-0.3, -0.25) is 9.59 Å². The maximum Gasteiger partial charge on any atom is 0.251 e. The SMILES string of the molecule is CCn1c(SCC(=O)Nc2cc(Cl)ccc2C)nnc1[C@@H](C)NC(=O)c1ccc(C)cc1. The van der Waals surface area contributed by atoms with Crippen LogP contribution in [0.3, 0.4) is 0 Å². The fourth-order valence-corrected chi connectivity index (χ4v) is 4.10. The standard InChI is InChI=1S/C23H26ClN5O2S/c1-5-29-21(16(4)25-22(31)17-9-6-14(2)7-10-17)27-28-23(29)32-13-20(30)26-19-12-18(24)11-8-15(19)3/h6-12,16H,5,13H2,1-4H3,(H,25,31)(H,26,30)/t16-/m1/s1. The molecule has 0 aliphatic rings. The number of halogens is 1. The van der Waals surface area contributed by atoms with Gasteiger partial charge in [0.15, 0.2) is 11.0 Å². The summed E-state index contributed by atoms with van der Waals surface area (Å²) in [6.45, 7) is 8.34. The van der Waals surface area contributed by atoms with Gasteiger partial charge >= 0.3 is 0 Å². The molecule has 0 fully saturated rings. The number of thioether (sulfide) groups is 1. The number of benzene rings is 2. The Bertz CT molecular complexity index is 1110. The van der Waals surface area contributed by atoms with E-state index >= 15 is 0 Å². The van der Waals surface area contributed by atoms with Gasteiger partial charge in [0.1, 0.15) is 0 Å². The van der Waals surface area contributed by atoms with Gasteiger partial charge in [-0.25, -0.2) is 0 Å². The van der Waals surface area contributed by atoms with E-state index in [0.29, 0.717) is 33.8 Å². The number of nitrogens with one attached hydrogen (secondary N) is 2. The predicted molar refractivity (Wildman–Crippen MR) is 128 cm³/mol. The van der Waals surface area contributed by atoms with Crippen molar-refractivity contribution in [1.29, 1.82) is 0 Å². The van der Waals surface area contributed by atoms with Gasteiger partial charge in [0.05, 0.1) is 11.8 Å². The van der Waals surface area contributed by atoms with E-state index < -0.39 is 0 Å².